The summed E-state index contributed by atoms with van der Waals surface area (Å²) in [5.41, 5.74) is 4.63. The maximum Gasteiger partial charge on any atom is 0.294 e. The number of benzene rings is 1. The minimum absolute atomic E-state index is 0.0901. The van der Waals surface area contributed by atoms with E-state index in [2.05, 4.69) is 44.9 Å². The lowest BCUT2D eigenvalue weighted by Gasteiger charge is -2.16. The first-order valence-electron chi connectivity index (χ1n) is 6.95. The van der Waals surface area contributed by atoms with Crippen molar-refractivity contribution in [3.05, 3.63) is 63.2 Å². The Kier molecular flexibility index (Phi) is 3.39. The molecular formula is C17H12BrNO2S. The Morgan fingerprint density at radius 1 is 1.18 bits per heavy atom. The van der Waals surface area contributed by atoms with Crippen LogP contribution in [0.15, 0.2) is 56.2 Å². The monoisotopic (exact) mass is 373 g/mol. The molecule has 0 fully saturated rings. The maximum atomic E-state index is 12.5. The number of furan rings is 1. The van der Waals surface area contributed by atoms with E-state index in [4.69, 9.17) is 4.42 Å². The third-order valence-corrected chi connectivity index (χ3v) is 4.97. The van der Waals surface area contributed by atoms with E-state index in [0.717, 1.165) is 12.1 Å². The van der Waals surface area contributed by atoms with Crippen LogP contribution >= 0.6 is 27.3 Å². The van der Waals surface area contributed by atoms with Crippen molar-refractivity contribution in [2.75, 3.05) is 11.4 Å². The highest BCUT2D eigenvalue weighted by Crippen LogP contribution is 2.34. The summed E-state index contributed by atoms with van der Waals surface area (Å²) in [7, 11) is 0. The molecular weight excluding hydrogens is 362 g/mol. The van der Waals surface area contributed by atoms with E-state index in [1.54, 1.807) is 28.4 Å². The summed E-state index contributed by atoms with van der Waals surface area (Å²) in [6, 6.07) is 11.8. The van der Waals surface area contributed by atoms with Crippen LogP contribution in [0.4, 0.5) is 5.69 Å². The average molecular weight is 374 g/mol. The zero-order chi connectivity index (χ0) is 15.1. The summed E-state index contributed by atoms with van der Waals surface area (Å²) in [6.45, 7) is 0.694. The summed E-state index contributed by atoms with van der Waals surface area (Å²) in [5, 5.41) is 4.22. The second-order valence-electron chi connectivity index (χ2n) is 5.17. The van der Waals surface area contributed by atoms with Crippen molar-refractivity contribution in [1.82, 2.24) is 0 Å². The molecule has 0 aliphatic carbocycles. The first-order chi connectivity index (χ1) is 10.7. The van der Waals surface area contributed by atoms with Crippen LogP contribution in [0.1, 0.15) is 16.1 Å². The molecule has 1 aromatic carbocycles. The number of anilines is 1. The van der Waals surface area contributed by atoms with E-state index < -0.39 is 0 Å². The molecule has 4 rings (SSSR count). The van der Waals surface area contributed by atoms with Crippen LogP contribution in [0.25, 0.3) is 11.1 Å². The summed E-state index contributed by atoms with van der Waals surface area (Å²) >= 11 is 4.93. The van der Waals surface area contributed by atoms with E-state index in [-0.39, 0.29) is 5.91 Å². The fourth-order valence-electron chi connectivity index (χ4n) is 2.78. The fraction of sp³-hybridized carbons (Fsp3) is 0.118. The van der Waals surface area contributed by atoms with Gasteiger partial charge in [0, 0.05) is 12.2 Å². The van der Waals surface area contributed by atoms with Gasteiger partial charge in [0.25, 0.3) is 5.91 Å². The molecule has 3 aromatic rings. The number of hydrogen-bond donors (Lipinski definition) is 0. The largest absolute Gasteiger partial charge is 0.444 e. The Hall–Kier alpha value is -1.85. The molecule has 3 nitrogen and oxygen atoms in total. The van der Waals surface area contributed by atoms with Crippen LogP contribution in [-0.4, -0.2) is 12.5 Å². The molecule has 3 heterocycles. The van der Waals surface area contributed by atoms with Crippen molar-refractivity contribution in [1.29, 1.82) is 0 Å². The predicted octanol–water partition coefficient (Wildman–Crippen LogP) is 4.97. The molecule has 22 heavy (non-hydrogen) atoms. The normalized spacial score (nSPS) is 13.4. The molecule has 1 aliphatic heterocycles. The van der Waals surface area contributed by atoms with E-state index >= 15 is 0 Å². The molecule has 1 aliphatic rings. The van der Waals surface area contributed by atoms with Gasteiger partial charge in [0.05, 0.1) is 0 Å². The van der Waals surface area contributed by atoms with Gasteiger partial charge >= 0.3 is 0 Å². The van der Waals surface area contributed by atoms with Gasteiger partial charge in [0.1, 0.15) is 0 Å². The molecule has 0 saturated carbocycles. The lowest BCUT2D eigenvalue weighted by molar-refractivity contribution is 0.0961. The van der Waals surface area contributed by atoms with Crippen molar-refractivity contribution in [2.45, 2.75) is 6.42 Å². The van der Waals surface area contributed by atoms with Crippen molar-refractivity contribution < 1.29 is 9.21 Å². The van der Waals surface area contributed by atoms with E-state index in [1.165, 1.54) is 16.7 Å². The van der Waals surface area contributed by atoms with Crippen LogP contribution in [0.3, 0.4) is 0 Å². The molecule has 0 atom stereocenters. The third kappa shape index (κ3) is 2.30. The van der Waals surface area contributed by atoms with Gasteiger partial charge in [0.15, 0.2) is 10.4 Å². The Bertz CT molecular complexity index is 838. The van der Waals surface area contributed by atoms with Crippen LogP contribution in [0.2, 0.25) is 0 Å². The van der Waals surface area contributed by atoms with Gasteiger partial charge in [-0.15, -0.1) is 0 Å². The van der Waals surface area contributed by atoms with Gasteiger partial charge in [-0.3, -0.25) is 4.79 Å². The number of carbonyl (C=O) groups is 1. The van der Waals surface area contributed by atoms with E-state index in [1.807, 2.05) is 6.07 Å². The Labute approximate surface area is 140 Å². The average Bonchev–Trinajstić information content (AvgIpc) is 3.26. The second kappa shape index (κ2) is 5.41. The molecule has 0 N–H and O–H groups in total. The third-order valence-electron chi connectivity index (χ3n) is 3.86. The van der Waals surface area contributed by atoms with Gasteiger partial charge in [0.2, 0.25) is 0 Å². The molecule has 0 radical (unpaired) electrons. The standard InChI is InChI=1S/C17H12BrNO2S/c18-16-4-3-15(21-16)17(20)19-7-5-12-9-11(1-2-14(12)19)13-6-8-22-10-13/h1-4,6,8-10H,5,7H2. The quantitative estimate of drug-likeness (QED) is 0.634. The van der Waals surface area contributed by atoms with Crippen molar-refractivity contribution >= 4 is 38.9 Å². The number of carbonyl (C=O) groups excluding carboxylic acids is 1. The van der Waals surface area contributed by atoms with Crippen molar-refractivity contribution in [3.63, 3.8) is 0 Å². The van der Waals surface area contributed by atoms with Crippen molar-refractivity contribution in [2.24, 2.45) is 0 Å². The number of thiophene rings is 1. The van der Waals surface area contributed by atoms with Crippen LogP contribution < -0.4 is 4.90 Å². The predicted molar refractivity (Wildman–Crippen MR) is 91.5 cm³/mol. The molecule has 0 unspecified atom stereocenters. The Morgan fingerprint density at radius 3 is 2.82 bits per heavy atom. The first kappa shape index (κ1) is 13.8. The highest BCUT2D eigenvalue weighted by molar-refractivity contribution is 9.10. The van der Waals surface area contributed by atoms with Crippen LogP contribution in [0.5, 0.6) is 0 Å². The van der Waals surface area contributed by atoms with Crippen molar-refractivity contribution in [3.8, 4) is 11.1 Å². The fourth-order valence-corrected chi connectivity index (χ4v) is 3.75. The number of rotatable bonds is 2. The Morgan fingerprint density at radius 2 is 2.09 bits per heavy atom. The second-order valence-corrected chi connectivity index (χ2v) is 6.73. The molecule has 0 saturated heterocycles. The number of nitrogens with zero attached hydrogens (tertiary/aromatic N) is 1. The topological polar surface area (TPSA) is 33.5 Å². The summed E-state index contributed by atoms with van der Waals surface area (Å²) in [5.74, 6) is 0.273. The first-order valence-corrected chi connectivity index (χ1v) is 8.68. The molecule has 2 aromatic heterocycles. The van der Waals surface area contributed by atoms with Crippen LogP contribution in [0, 0.1) is 0 Å². The van der Waals surface area contributed by atoms with E-state index in [0.29, 0.717) is 17.0 Å². The summed E-state index contributed by atoms with van der Waals surface area (Å²) in [4.78, 5) is 14.3. The number of hydrogen-bond acceptors (Lipinski definition) is 3. The maximum absolute atomic E-state index is 12.5. The zero-order valence-electron chi connectivity index (χ0n) is 11.6. The van der Waals surface area contributed by atoms with Gasteiger partial charge in [-0.2, -0.15) is 11.3 Å². The molecule has 5 heteroatoms. The molecule has 0 spiro atoms. The summed E-state index contributed by atoms with van der Waals surface area (Å²) in [6.07, 6.45) is 0.876. The highest BCUT2D eigenvalue weighted by Gasteiger charge is 2.27. The minimum Gasteiger partial charge on any atom is -0.444 e. The van der Waals surface area contributed by atoms with Crippen LogP contribution in [-0.2, 0) is 6.42 Å². The number of amides is 1. The highest BCUT2D eigenvalue weighted by atomic mass is 79.9. The lowest BCUT2D eigenvalue weighted by Crippen LogP contribution is -2.28. The minimum atomic E-state index is -0.0901. The SMILES string of the molecule is O=C(c1ccc(Br)o1)N1CCc2cc(-c3ccsc3)ccc21. The van der Waals surface area contributed by atoms with Gasteiger partial charge in [-0.25, -0.2) is 0 Å². The van der Waals surface area contributed by atoms with Gasteiger partial charge < -0.3 is 9.32 Å². The Balaban J connectivity index is 1.67. The lowest BCUT2D eigenvalue weighted by atomic mass is 10.0. The molecule has 1 amide bonds. The molecule has 0 bridgehead atoms. The molecule has 110 valence electrons. The number of fused-ring (bicyclic) bond motifs is 1. The smallest absolute Gasteiger partial charge is 0.294 e. The number of halogens is 1. The summed E-state index contributed by atoms with van der Waals surface area (Å²) < 4.78 is 5.95. The van der Waals surface area contributed by atoms with Gasteiger partial charge in [-0.1, -0.05) is 6.07 Å². The van der Waals surface area contributed by atoms with Gasteiger partial charge in [-0.05, 0) is 80.1 Å². The van der Waals surface area contributed by atoms with E-state index in [9.17, 15) is 4.79 Å². The zero-order valence-corrected chi connectivity index (χ0v) is 14.0.